The largest absolute Gasteiger partial charge is 0.489 e. The van der Waals surface area contributed by atoms with Gasteiger partial charge in [-0.1, -0.05) is 23.7 Å². The van der Waals surface area contributed by atoms with E-state index < -0.39 is 5.97 Å². The van der Waals surface area contributed by atoms with Crippen molar-refractivity contribution in [3.63, 3.8) is 0 Å². The molecule has 4 aromatic rings. The third-order valence-corrected chi connectivity index (χ3v) is 5.92. The number of carboxylic acids is 1. The number of benzene rings is 2. The van der Waals surface area contributed by atoms with Gasteiger partial charge in [-0.25, -0.2) is 14.2 Å². The maximum absolute atomic E-state index is 13.3. The van der Waals surface area contributed by atoms with Crippen molar-refractivity contribution in [2.45, 2.75) is 20.1 Å². The maximum Gasteiger partial charge on any atom is 0.338 e. The fourth-order valence-corrected chi connectivity index (χ4v) is 4.54. The molecule has 0 radical (unpaired) electrons. The molecule has 158 valence electrons. The fraction of sp³-hybridized carbons (Fsp3) is 0.130. The van der Waals surface area contributed by atoms with Crippen LogP contribution in [0.3, 0.4) is 0 Å². The van der Waals surface area contributed by atoms with E-state index in [4.69, 9.17) is 21.1 Å². The number of ether oxygens (including phenoxy) is 2. The van der Waals surface area contributed by atoms with E-state index in [1.165, 1.54) is 29.7 Å². The van der Waals surface area contributed by atoms with Crippen LogP contribution in [-0.2, 0) is 13.2 Å². The van der Waals surface area contributed by atoms with E-state index in [1.807, 2.05) is 24.4 Å². The second-order valence-electron chi connectivity index (χ2n) is 6.92. The number of rotatable bonds is 7. The number of carbonyl (C=O) groups is 1. The van der Waals surface area contributed by atoms with E-state index in [2.05, 4.69) is 4.98 Å². The molecule has 2 aromatic heterocycles. The van der Waals surface area contributed by atoms with E-state index in [1.54, 1.807) is 18.2 Å². The number of thiophene rings is 1. The molecule has 0 unspecified atom stereocenters. The van der Waals surface area contributed by atoms with Crippen molar-refractivity contribution < 1.29 is 23.8 Å². The van der Waals surface area contributed by atoms with Crippen molar-refractivity contribution in [1.82, 2.24) is 4.98 Å². The van der Waals surface area contributed by atoms with Gasteiger partial charge in [0.2, 0.25) is 0 Å². The highest BCUT2D eigenvalue weighted by Crippen LogP contribution is 2.34. The number of nitrogens with zero attached hydrogens (tertiary/aromatic N) is 1. The van der Waals surface area contributed by atoms with Crippen LogP contribution in [0, 0.1) is 12.7 Å². The molecule has 0 amide bonds. The summed E-state index contributed by atoms with van der Waals surface area (Å²) in [4.78, 5) is 15.4. The van der Waals surface area contributed by atoms with Gasteiger partial charge in [-0.05, 0) is 47.7 Å². The van der Waals surface area contributed by atoms with Crippen LogP contribution in [0.5, 0.6) is 11.5 Å². The fourth-order valence-electron chi connectivity index (χ4n) is 3.16. The lowest BCUT2D eigenvalue weighted by molar-refractivity contribution is 0.0699. The average Bonchev–Trinajstić information content (AvgIpc) is 3.15. The van der Waals surface area contributed by atoms with Crippen LogP contribution < -0.4 is 9.47 Å². The van der Waals surface area contributed by atoms with E-state index in [-0.39, 0.29) is 29.7 Å². The van der Waals surface area contributed by atoms with Crippen LogP contribution in [-0.4, -0.2) is 16.1 Å². The van der Waals surface area contributed by atoms with Gasteiger partial charge in [0, 0.05) is 23.2 Å². The molecule has 0 spiro atoms. The number of halogens is 2. The molecule has 0 fully saturated rings. The summed E-state index contributed by atoms with van der Waals surface area (Å²) in [6.07, 6.45) is 1.26. The maximum atomic E-state index is 13.3. The second-order valence-corrected chi connectivity index (χ2v) is 8.16. The molecule has 2 heterocycles. The molecule has 2 aromatic carbocycles. The van der Waals surface area contributed by atoms with Gasteiger partial charge in [0.1, 0.15) is 35.7 Å². The number of hydrogen-bond acceptors (Lipinski definition) is 5. The summed E-state index contributed by atoms with van der Waals surface area (Å²) in [5.41, 5.74) is 2.53. The van der Waals surface area contributed by atoms with Crippen molar-refractivity contribution >= 4 is 39.0 Å². The third-order valence-electron chi connectivity index (χ3n) is 4.57. The molecule has 0 saturated carbocycles. The first-order valence-corrected chi connectivity index (χ1v) is 10.6. The van der Waals surface area contributed by atoms with Crippen molar-refractivity contribution in [2.24, 2.45) is 0 Å². The minimum absolute atomic E-state index is 0.110. The number of aromatic carboxylic acids is 1. The molecule has 1 N–H and O–H groups in total. The highest BCUT2D eigenvalue weighted by molar-refractivity contribution is 7.17. The minimum atomic E-state index is -1.05. The zero-order valence-corrected chi connectivity index (χ0v) is 18.0. The SMILES string of the molecule is Cc1cc(OCc2cccc(F)c2)cc(OCc2csc3c(C(=O)O)cnc(Cl)c23)c1. The smallest absolute Gasteiger partial charge is 0.338 e. The van der Waals surface area contributed by atoms with Gasteiger partial charge in [0.25, 0.3) is 0 Å². The quantitative estimate of drug-likeness (QED) is 0.332. The Morgan fingerprint density at radius 2 is 1.90 bits per heavy atom. The molecule has 0 atom stereocenters. The van der Waals surface area contributed by atoms with Crippen LogP contribution in [0.25, 0.3) is 10.1 Å². The van der Waals surface area contributed by atoms with Crippen LogP contribution in [0.4, 0.5) is 4.39 Å². The van der Waals surface area contributed by atoms with E-state index >= 15 is 0 Å². The first-order valence-electron chi connectivity index (χ1n) is 9.30. The summed E-state index contributed by atoms with van der Waals surface area (Å²) in [7, 11) is 0. The summed E-state index contributed by atoms with van der Waals surface area (Å²) in [6, 6.07) is 11.7. The molecule has 0 aliphatic carbocycles. The summed E-state index contributed by atoms with van der Waals surface area (Å²) in [6.45, 7) is 2.34. The van der Waals surface area contributed by atoms with Crippen LogP contribution in [0.15, 0.2) is 54.0 Å². The summed E-state index contributed by atoms with van der Waals surface area (Å²) < 4.78 is 25.6. The van der Waals surface area contributed by atoms with Gasteiger partial charge in [0.05, 0.1) is 10.3 Å². The first-order chi connectivity index (χ1) is 14.9. The Kier molecular flexibility index (Phi) is 6.06. The Morgan fingerprint density at radius 1 is 1.16 bits per heavy atom. The topological polar surface area (TPSA) is 68.7 Å². The number of pyridine rings is 1. The first kappa shape index (κ1) is 21.1. The molecule has 31 heavy (non-hydrogen) atoms. The average molecular weight is 458 g/mol. The van der Waals surface area contributed by atoms with Crippen molar-refractivity contribution in [3.05, 3.63) is 87.3 Å². The second kappa shape index (κ2) is 8.91. The standard InChI is InChI=1S/C23H17ClFNO4S/c1-13-5-17(29-10-14-3-2-4-16(25)7-14)8-18(6-13)30-11-15-12-31-21-19(23(27)28)9-26-22(24)20(15)21/h2-9,12H,10-11H2,1H3,(H,27,28). The number of fused-ring (bicyclic) bond motifs is 1. The molecular weight excluding hydrogens is 441 g/mol. The molecule has 5 nitrogen and oxygen atoms in total. The van der Waals surface area contributed by atoms with E-state index in [0.29, 0.717) is 21.6 Å². The zero-order chi connectivity index (χ0) is 22.0. The van der Waals surface area contributed by atoms with Gasteiger partial charge >= 0.3 is 5.97 Å². The Labute approximate surface area is 186 Å². The Morgan fingerprint density at radius 3 is 2.61 bits per heavy atom. The monoisotopic (exact) mass is 457 g/mol. The van der Waals surface area contributed by atoms with Crippen LogP contribution in [0.1, 0.15) is 27.0 Å². The minimum Gasteiger partial charge on any atom is -0.489 e. The van der Waals surface area contributed by atoms with Crippen LogP contribution >= 0.6 is 22.9 Å². The number of carboxylic acid groups (broad SMARTS) is 1. The highest BCUT2D eigenvalue weighted by atomic mass is 35.5. The lowest BCUT2D eigenvalue weighted by Crippen LogP contribution is -2.00. The molecule has 0 aliphatic rings. The van der Waals surface area contributed by atoms with Gasteiger partial charge in [-0.2, -0.15) is 0 Å². The molecule has 0 aliphatic heterocycles. The van der Waals surface area contributed by atoms with E-state index in [0.717, 1.165) is 16.7 Å². The molecule has 0 saturated heterocycles. The molecule has 0 bridgehead atoms. The van der Waals surface area contributed by atoms with Gasteiger partial charge < -0.3 is 14.6 Å². The lowest BCUT2D eigenvalue weighted by atomic mass is 10.1. The van der Waals surface area contributed by atoms with Gasteiger partial charge in [-0.15, -0.1) is 11.3 Å². The zero-order valence-electron chi connectivity index (χ0n) is 16.4. The molecular formula is C23H17ClFNO4S. The number of aryl methyl sites for hydroxylation is 1. The number of hydrogen-bond donors (Lipinski definition) is 1. The molecule has 4 rings (SSSR count). The Balaban J connectivity index is 1.51. The summed E-state index contributed by atoms with van der Waals surface area (Å²) >= 11 is 7.51. The van der Waals surface area contributed by atoms with Gasteiger partial charge in [-0.3, -0.25) is 0 Å². The van der Waals surface area contributed by atoms with Crippen molar-refractivity contribution in [2.75, 3.05) is 0 Å². The predicted molar refractivity (Wildman–Crippen MR) is 118 cm³/mol. The number of aromatic nitrogens is 1. The predicted octanol–water partition coefficient (Wildman–Crippen LogP) is 6.25. The Hall–Kier alpha value is -3.16. The van der Waals surface area contributed by atoms with Crippen molar-refractivity contribution in [1.29, 1.82) is 0 Å². The third kappa shape index (κ3) is 4.78. The van der Waals surface area contributed by atoms with E-state index in [9.17, 15) is 14.3 Å². The summed E-state index contributed by atoms with van der Waals surface area (Å²) in [5.74, 6) is -0.173. The van der Waals surface area contributed by atoms with Crippen LogP contribution in [0.2, 0.25) is 5.15 Å². The summed E-state index contributed by atoms with van der Waals surface area (Å²) in [5, 5.41) is 12.0. The lowest BCUT2D eigenvalue weighted by Gasteiger charge is -2.11. The van der Waals surface area contributed by atoms with Gasteiger partial charge in [0.15, 0.2) is 0 Å². The van der Waals surface area contributed by atoms with Crippen molar-refractivity contribution in [3.8, 4) is 11.5 Å². The Bertz CT molecular complexity index is 1270. The highest BCUT2D eigenvalue weighted by Gasteiger charge is 2.17. The molecule has 8 heteroatoms. The normalized spacial score (nSPS) is 10.9.